The Morgan fingerprint density at radius 1 is 1.17 bits per heavy atom. The molecule has 24 heavy (non-hydrogen) atoms. The van der Waals surface area contributed by atoms with Crippen LogP contribution in [0.15, 0.2) is 22.6 Å². The Balaban J connectivity index is 1.55. The number of fused-ring (bicyclic) bond motifs is 1. The molecule has 0 aliphatic carbocycles. The second kappa shape index (κ2) is 6.19. The molecular formula is C16H19N3O4S. The van der Waals surface area contributed by atoms with Crippen molar-refractivity contribution in [3.8, 4) is 23.0 Å². The highest BCUT2D eigenvalue weighted by Crippen LogP contribution is 2.35. The summed E-state index contributed by atoms with van der Waals surface area (Å²) in [5, 5.41) is 4.52. The average Bonchev–Trinajstić information content (AvgIpc) is 3.12. The van der Waals surface area contributed by atoms with Gasteiger partial charge in [0.05, 0.1) is 18.9 Å². The Morgan fingerprint density at radius 2 is 1.92 bits per heavy atom. The molecule has 0 radical (unpaired) electrons. The molecule has 0 unspecified atom stereocenters. The summed E-state index contributed by atoms with van der Waals surface area (Å²) in [5.41, 5.74) is 0.813. The average molecular weight is 349 g/mol. The van der Waals surface area contributed by atoms with Gasteiger partial charge in [0.2, 0.25) is 12.7 Å². The molecular weight excluding hydrogens is 330 g/mol. The molecule has 2 aliphatic rings. The van der Waals surface area contributed by atoms with Crippen LogP contribution in [-0.2, 0) is 11.4 Å². The molecule has 3 heterocycles. The topological polar surface area (TPSA) is 61.9 Å². The van der Waals surface area contributed by atoms with Crippen LogP contribution in [0, 0.1) is 4.84 Å². The standard InChI is InChI=1S/C16H19N3O4S/c1-10-6-18(7-11(2)22-10)8-19-16(24)23-15(17-19)12-3-4-13-14(5-12)21-9-20-13/h3-5,10-11H,6-9H2,1-2H3/t10-,11-/m1/s1. The summed E-state index contributed by atoms with van der Waals surface area (Å²) in [7, 11) is 0. The summed E-state index contributed by atoms with van der Waals surface area (Å²) in [6.07, 6.45) is 0.395. The van der Waals surface area contributed by atoms with Crippen molar-refractivity contribution in [3.63, 3.8) is 0 Å². The first kappa shape index (κ1) is 15.6. The van der Waals surface area contributed by atoms with Crippen LogP contribution < -0.4 is 9.47 Å². The van der Waals surface area contributed by atoms with Crippen molar-refractivity contribution < 1.29 is 18.6 Å². The van der Waals surface area contributed by atoms with Gasteiger partial charge in [0.25, 0.3) is 4.84 Å². The van der Waals surface area contributed by atoms with Crippen LogP contribution in [0.4, 0.5) is 0 Å². The summed E-state index contributed by atoms with van der Waals surface area (Å²) in [4.78, 5) is 2.62. The van der Waals surface area contributed by atoms with Gasteiger partial charge in [0.1, 0.15) is 0 Å². The molecule has 8 heteroatoms. The molecule has 2 aromatic rings. The van der Waals surface area contributed by atoms with Gasteiger partial charge in [0.15, 0.2) is 11.5 Å². The van der Waals surface area contributed by atoms with Gasteiger partial charge in [-0.1, -0.05) is 0 Å². The summed E-state index contributed by atoms with van der Waals surface area (Å²) >= 11 is 5.32. The Labute approximate surface area is 144 Å². The predicted octanol–water partition coefficient (Wildman–Crippen LogP) is 2.67. The lowest BCUT2D eigenvalue weighted by Gasteiger charge is -2.34. The van der Waals surface area contributed by atoms with E-state index in [0.717, 1.165) is 24.4 Å². The van der Waals surface area contributed by atoms with Gasteiger partial charge in [-0.25, -0.2) is 4.68 Å². The number of ether oxygens (including phenoxy) is 3. The second-order valence-electron chi connectivity index (χ2n) is 6.18. The molecule has 1 fully saturated rings. The molecule has 2 aliphatic heterocycles. The molecule has 0 amide bonds. The Morgan fingerprint density at radius 3 is 2.71 bits per heavy atom. The van der Waals surface area contributed by atoms with Gasteiger partial charge in [-0.2, -0.15) is 0 Å². The summed E-state index contributed by atoms with van der Waals surface area (Å²) in [5.74, 6) is 1.90. The maximum Gasteiger partial charge on any atom is 0.288 e. The summed E-state index contributed by atoms with van der Waals surface area (Å²) in [6, 6.07) is 5.59. The molecule has 0 bridgehead atoms. The maximum absolute atomic E-state index is 5.75. The molecule has 1 aromatic carbocycles. The third-order valence-corrected chi connectivity index (χ3v) is 4.35. The number of nitrogens with zero attached hydrogens (tertiary/aromatic N) is 3. The molecule has 1 saturated heterocycles. The predicted molar refractivity (Wildman–Crippen MR) is 88.5 cm³/mol. The Kier molecular flexibility index (Phi) is 4.03. The van der Waals surface area contributed by atoms with Crippen molar-refractivity contribution >= 4 is 12.2 Å². The highest BCUT2D eigenvalue weighted by molar-refractivity contribution is 7.71. The number of rotatable bonds is 3. The Bertz CT molecular complexity index is 793. The van der Waals surface area contributed by atoms with Crippen molar-refractivity contribution in [3.05, 3.63) is 23.0 Å². The fraction of sp³-hybridized carbons (Fsp3) is 0.500. The molecule has 128 valence electrons. The molecule has 1 aromatic heterocycles. The maximum atomic E-state index is 5.75. The van der Waals surface area contributed by atoms with Crippen LogP contribution in [0.5, 0.6) is 11.5 Å². The minimum absolute atomic E-state index is 0.197. The molecule has 2 atom stereocenters. The largest absolute Gasteiger partial charge is 0.454 e. The monoisotopic (exact) mass is 349 g/mol. The summed E-state index contributed by atoms with van der Waals surface area (Å²) < 4.78 is 23.8. The third-order valence-electron chi connectivity index (χ3n) is 4.05. The lowest BCUT2D eigenvalue weighted by atomic mass is 10.2. The van der Waals surface area contributed by atoms with E-state index in [2.05, 4.69) is 23.8 Å². The van der Waals surface area contributed by atoms with E-state index >= 15 is 0 Å². The van der Waals surface area contributed by atoms with E-state index in [9.17, 15) is 0 Å². The fourth-order valence-electron chi connectivity index (χ4n) is 3.13. The lowest BCUT2D eigenvalue weighted by Crippen LogP contribution is -2.46. The first-order chi connectivity index (χ1) is 11.6. The minimum Gasteiger partial charge on any atom is -0.454 e. The van der Waals surface area contributed by atoms with Crippen molar-refractivity contribution in [2.75, 3.05) is 19.9 Å². The van der Waals surface area contributed by atoms with Crippen LogP contribution in [-0.4, -0.2) is 46.8 Å². The van der Waals surface area contributed by atoms with E-state index in [1.165, 1.54) is 0 Å². The number of aromatic nitrogens is 2. The molecule has 0 spiro atoms. The molecule has 7 nitrogen and oxygen atoms in total. The highest BCUT2D eigenvalue weighted by Gasteiger charge is 2.23. The molecule has 0 N–H and O–H groups in total. The molecule has 4 rings (SSSR count). The number of hydrogen-bond donors (Lipinski definition) is 0. The fourth-order valence-corrected chi connectivity index (χ4v) is 3.31. The number of morpholine rings is 1. The van der Waals surface area contributed by atoms with E-state index in [0.29, 0.717) is 23.1 Å². The van der Waals surface area contributed by atoms with Crippen LogP contribution in [0.25, 0.3) is 11.5 Å². The van der Waals surface area contributed by atoms with Gasteiger partial charge in [-0.15, -0.1) is 5.10 Å². The van der Waals surface area contributed by atoms with E-state index in [1.807, 2.05) is 18.2 Å². The zero-order chi connectivity index (χ0) is 16.7. The normalized spacial score (nSPS) is 23.6. The van der Waals surface area contributed by atoms with Crippen molar-refractivity contribution in [1.82, 2.24) is 14.7 Å². The molecule has 0 saturated carbocycles. The van der Waals surface area contributed by atoms with Gasteiger partial charge in [0, 0.05) is 18.7 Å². The van der Waals surface area contributed by atoms with E-state index in [-0.39, 0.29) is 19.0 Å². The van der Waals surface area contributed by atoms with E-state index in [4.69, 9.17) is 30.8 Å². The zero-order valence-electron chi connectivity index (χ0n) is 13.6. The van der Waals surface area contributed by atoms with Gasteiger partial charge in [-0.3, -0.25) is 4.90 Å². The minimum atomic E-state index is 0.197. The van der Waals surface area contributed by atoms with Gasteiger partial charge >= 0.3 is 0 Å². The summed E-state index contributed by atoms with van der Waals surface area (Å²) in [6.45, 7) is 6.66. The van der Waals surface area contributed by atoms with Crippen LogP contribution in [0.3, 0.4) is 0 Å². The SMILES string of the molecule is C[C@@H]1CN(Cn2nc(-c3ccc4c(c3)OCO4)oc2=S)C[C@@H](C)O1. The second-order valence-corrected chi connectivity index (χ2v) is 6.52. The van der Waals surface area contributed by atoms with E-state index < -0.39 is 0 Å². The van der Waals surface area contributed by atoms with Crippen LogP contribution >= 0.6 is 12.2 Å². The van der Waals surface area contributed by atoms with Crippen molar-refractivity contribution in [2.24, 2.45) is 0 Å². The van der Waals surface area contributed by atoms with Crippen molar-refractivity contribution in [1.29, 1.82) is 0 Å². The zero-order valence-corrected chi connectivity index (χ0v) is 14.4. The van der Waals surface area contributed by atoms with Crippen molar-refractivity contribution in [2.45, 2.75) is 32.7 Å². The quantitative estimate of drug-likeness (QED) is 0.790. The van der Waals surface area contributed by atoms with Crippen LogP contribution in [0.1, 0.15) is 13.8 Å². The highest BCUT2D eigenvalue weighted by atomic mass is 32.1. The van der Waals surface area contributed by atoms with Gasteiger partial charge < -0.3 is 18.6 Å². The Hall–Kier alpha value is -1.90. The first-order valence-electron chi connectivity index (χ1n) is 7.94. The number of hydrogen-bond acceptors (Lipinski definition) is 7. The number of benzene rings is 1. The van der Waals surface area contributed by atoms with Gasteiger partial charge in [-0.05, 0) is 44.3 Å². The van der Waals surface area contributed by atoms with Crippen LogP contribution in [0.2, 0.25) is 0 Å². The van der Waals surface area contributed by atoms with E-state index in [1.54, 1.807) is 4.68 Å². The smallest absolute Gasteiger partial charge is 0.288 e. The lowest BCUT2D eigenvalue weighted by molar-refractivity contribution is -0.0778. The third kappa shape index (κ3) is 3.04. The first-order valence-corrected chi connectivity index (χ1v) is 8.35.